The molecule has 0 saturated heterocycles. The van der Waals surface area contributed by atoms with Crippen molar-refractivity contribution in [2.45, 2.75) is 52.4 Å². The topological polar surface area (TPSA) is 83.5 Å². The lowest BCUT2D eigenvalue weighted by molar-refractivity contribution is 0.0697. The third kappa shape index (κ3) is 4.86. The molecule has 2 N–H and O–H groups in total. The number of aromatic carboxylic acids is 1. The molecule has 0 aliphatic heterocycles. The Hall–Kier alpha value is -3.12. The van der Waals surface area contributed by atoms with Crippen LogP contribution in [0.25, 0.3) is 0 Å². The minimum atomic E-state index is -3.74. The van der Waals surface area contributed by atoms with Crippen LogP contribution in [-0.2, 0) is 22.9 Å². The number of rotatable bonds is 7. The maximum absolute atomic E-state index is 13.3. The molecule has 0 unspecified atom stereocenters. The van der Waals surface area contributed by atoms with Crippen LogP contribution in [0.2, 0.25) is 0 Å². The van der Waals surface area contributed by atoms with E-state index in [4.69, 9.17) is 5.11 Å². The second-order valence-electron chi connectivity index (χ2n) is 8.26. The van der Waals surface area contributed by atoms with Crippen LogP contribution in [0.1, 0.15) is 49.3 Å². The lowest BCUT2D eigenvalue weighted by Crippen LogP contribution is -2.17. The quantitative estimate of drug-likeness (QED) is 0.496. The number of sulfonamides is 1. The molecule has 0 heterocycles. The van der Waals surface area contributed by atoms with Crippen molar-refractivity contribution in [3.63, 3.8) is 0 Å². The second-order valence-corrected chi connectivity index (χ2v) is 9.88. The van der Waals surface area contributed by atoms with E-state index in [-0.39, 0.29) is 5.56 Å². The average molecular weight is 452 g/mol. The van der Waals surface area contributed by atoms with Crippen molar-refractivity contribution in [3.05, 3.63) is 93.0 Å². The Morgan fingerprint density at radius 3 is 1.88 bits per heavy atom. The molecule has 0 saturated carbocycles. The Kier molecular flexibility index (Phi) is 6.74. The Morgan fingerprint density at radius 1 is 0.781 bits per heavy atom. The van der Waals surface area contributed by atoms with Crippen molar-refractivity contribution in [2.24, 2.45) is 0 Å². The molecule has 32 heavy (non-hydrogen) atoms. The van der Waals surface area contributed by atoms with Crippen LogP contribution < -0.4 is 4.72 Å². The number of benzene rings is 3. The molecule has 3 aromatic carbocycles. The molecule has 0 atom stereocenters. The first-order valence-electron chi connectivity index (χ1n) is 10.5. The number of hydrogen-bond acceptors (Lipinski definition) is 3. The summed E-state index contributed by atoms with van der Waals surface area (Å²) in [7, 11) is -3.74. The summed E-state index contributed by atoms with van der Waals surface area (Å²) in [4.78, 5) is 11.3. The largest absolute Gasteiger partial charge is 0.478 e. The molecular formula is C26H29NO4S. The number of nitrogens with one attached hydrogen (secondary N) is 1. The van der Waals surface area contributed by atoms with Gasteiger partial charge in [0, 0.05) is 5.69 Å². The van der Waals surface area contributed by atoms with Crippen molar-refractivity contribution < 1.29 is 18.3 Å². The van der Waals surface area contributed by atoms with Gasteiger partial charge in [-0.3, -0.25) is 4.72 Å². The zero-order chi connectivity index (χ0) is 23.6. The maximum Gasteiger partial charge on any atom is 0.335 e. The van der Waals surface area contributed by atoms with E-state index in [0.29, 0.717) is 17.0 Å². The van der Waals surface area contributed by atoms with Crippen LogP contribution in [0.3, 0.4) is 0 Å². The van der Waals surface area contributed by atoms with Gasteiger partial charge < -0.3 is 5.11 Å². The molecule has 0 aromatic heterocycles. The highest BCUT2D eigenvalue weighted by Crippen LogP contribution is 2.31. The minimum absolute atomic E-state index is 0.261. The lowest BCUT2D eigenvalue weighted by Gasteiger charge is -2.19. The van der Waals surface area contributed by atoms with Gasteiger partial charge in [-0.1, -0.05) is 24.3 Å². The predicted octanol–water partition coefficient (Wildman–Crippen LogP) is 5.51. The van der Waals surface area contributed by atoms with E-state index >= 15 is 0 Å². The maximum atomic E-state index is 13.3. The van der Waals surface area contributed by atoms with E-state index in [1.807, 2.05) is 65.0 Å². The third-order valence-corrected chi connectivity index (χ3v) is 7.94. The van der Waals surface area contributed by atoms with Gasteiger partial charge in [0.25, 0.3) is 10.0 Å². The summed E-state index contributed by atoms with van der Waals surface area (Å²) in [6.07, 6.45) is 1.44. The molecule has 0 aliphatic rings. The van der Waals surface area contributed by atoms with Gasteiger partial charge in [0.1, 0.15) is 0 Å². The van der Waals surface area contributed by atoms with Crippen molar-refractivity contribution in [3.8, 4) is 0 Å². The van der Waals surface area contributed by atoms with Crippen LogP contribution in [0.15, 0.2) is 53.4 Å². The van der Waals surface area contributed by atoms with Crippen LogP contribution in [0, 0.1) is 34.6 Å². The zero-order valence-corrected chi connectivity index (χ0v) is 19.9. The molecule has 3 aromatic rings. The van der Waals surface area contributed by atoms with Crippen molar-refractivity contribution in [1.82, 2.24) is 0 Å². The number of carboxylic acids is 1. The van der Waals surface area contributed by atoms with Crippen molar-refractivity contribution in [1.29, 1.82) is 0 Å². The standard InChI is InChI=1S/C26H29NO4S/c1-16-17(2)19(4)25(20(5)18(16)3)32(30,31)27-24-8-6-7-22(15-24)10-9-21-11-13-23(14-12-21)26(28)29/h6-8,11-15,27H,9-10H2,1-5H3,(H,28,29). The summed E-state index contributed by atoms with van der Waals surface area (Å²) >= 11 is 0. The monoisotopic (exact) mass is 451 g/mol. The normalized spacial score (nSPS) is 11.4. The first-order chi connectivity index (χ1) is 15.0. The Balaban J connectivity index is 1.81. The van der Waals surface area contributed by atoms with Gasteiger partial charge >= 0.3 is 5.97 Å². The van der Waals surface area contributed by atoms with E-state index in [1.165, 1.54) is 0 Å². The molecule has 0 fully saturated rings. The zero-order valence-electron chi connectivity index (χ0n) is 19.1. The summed E-state index contributed by atoms with van der Waals surface area (Å²) in [5.74, 6) is -0.944. The van der Waals surface area contributed by atoms with E-state index in [9.17, 15) is 13.2 Å². The molecule has 0 aliphatic carbocycles. The SMILES string of the molecule is Cc1c(C)c(C)c(S(=O)(=O)Nc2cccc(CCc3ccc(C(=O)O)cc3)c2)c(C)c1C. The molecule has 3 rings (SSSR count). The van der Waals surface area contributed by atoms with Crippen LogP contribution in [0.5, 0.6) is 0 Å². The first kappa shape index (κ1) is 23.5. The molecule has 0 amide bonds. The van der Waals surface area contributed by atoms with Crippen LogP contribution >= 0.6 is 0 Å². The van der Waals surface area contributed by atoms with E-state index < -0.39 is 16.0 Å². The Bertz CT molecular complexity index is 1250. The van der Waals surface area contributed by atoms with E-state index in [1.54, 1.807) is 18.2 Å². The van der Waals surface area contributed by atoms with E-state index in [0.717, 1.165) is 45.4 Å². The predicted molar refractivity (Wildman–Crippen MR) is 128 cm³/mol. The summed E-state index contributed by atoms with van der Waals surface area (Å²) in [6.45, 7) is 9.65. The molecule has 5 nitrogen and oxygen atoms in total. The Labute approximate surface area is 190 Å². The van der Waals surface area contributed by atoms with Crippen LogP contribution in [-0.4, -0.2) is 19.5 Å². The summed E-state index contributed by atoms with van der Waals surface area (Å²) in [5, 5.41) is 9.01. The Morgan fingerprint density at radius 2 is 1.31 bits per heavy atom. The number of carbonyl (C=O) groups is 1. The number of carboxylic acid groups (broad SMARTS) is 1. The smallest absolute Gasteiger partial charge is 0.335 e. The fraction of sp³-hybridized carbons (Fsp3) is 0.269. The molecule has 0 bridgehead atoms. The highest BCUT2D eigenvalue weighted by Gasteiger charge is 2.23. The van der Waals surface area contributed by atoms with Gasteiger partial charge in [0.15, 0.2) is 0 Å². The van der Waals surface area contributed by atoms with Gasteiger partial charge in [-0.25, -0.2) is 13.2 Å². The molecular weight excluding hydrogens is 422 g/mol. The third-order valence-electron chi connectivity index (χ3n) is 6.28. The fourth-order valence-electron chi connectivity index (χ4n) is 3.97. The van der Waals surface area contributed by atoms with E-state index in [2.05, 4.69) is 4.72 Å². The van der Waals surface area contributed by atoms with Crippen molar-refractivity contribution >= 4 is 21.7 Å². The molecule has 168 valence electrons. The summed E-state index contributed by atoms with van der Waals surface area (Å²) in [5.41, 5.74) is 7.48. The number of aryl methyl sites for hydroxylation is 2. The first-order valence-corrected chi connectivity index (χ1v) is 12.0. The number of anilines is 1. The van der Waals surface area contributed by atoms with Crippen molar-refractivity contribution in [2.75, 3.05) is 4.72 Å². The van der Waals surface area contributed by atoms with Crippen LogP contribution in [0.4, 0.5) is 5.69 Å². The second kappa shape index (κ2) is 9.17. The van der Waals surface area contributed by atoms with Gasteiger partial charge in [-0.2, -0.15) is 0 Å². The van der Waals surface area contributed by atoms with Gasteiger partial charge in [-0.15, -0.1) is 0 Å². The highest BCUT2D eigenvalue weighted by molar-refractivity contribution is 7.92. The lowest BCUT2D eigenvalue weighted by atomic mass is 9.95. The number of hydrogen-bond donors (Lipinski definition) is 2. The van der Waals surface area contributed by atoms with Gasteiger partial charge in [0.05, 0.1) is 10.5 Å². The summed E-state index contributed by atoms with van der Waals surface area (Å²) in [6, 6.07) is 14.2. The molecule has 6 heteroatoms. The fourth-order valence-corrected chi connectivity index (χ4v) is 5.62. The van der Waals surface area contributed by atoms with Gasteiger partial charge in [-0.05, 0) is 111 Å². The average Bonchev–Trinajstić information content (AvgIpc) is 2.75. The summed E-state index contributed by atoms with van der Waals surface area (Å²) < 4.78 is 29.3. The molecule has 0 spiro atoms. The van der Waals surface area contributed by atoms with Gasteiger partial charge in [0.2, 0.25) is 0 Å². The minimum Gasteiger partial charge on any atom is -0.478 e. The molecule has 0 radical (unpaired) electrons. The highest BCUT2D eigenvalue weighted by atomic mass is 32.2.